The molecule has 0 aliphatic heterocycles. The van der Waals surface area contributed by atoms with Crippen molar-refractivity contribution in [3.8, 4) is 5.75 Å². The zero-order chi connectivity index (χ0) is 14.3. The van der Waals surface area contributed by atoms with E-state index in [0.29, 0.717) is 23.7 Å². The van der Waals surface area contributed by atoms with Gasteiger partial charge < -0.3 is 15.2 Å². The van der Waals surface area contributed by atoms with Crippen LogP contribution in [-0.2, 0) is 4.79 Å². The fourth-order valence-corrected chi connectivity index (χ4v) is 1.90. The van der Waals surface area contributed by atoms with Crippen LogP contribution in [0.4, 0.5) is 0 Å². The average molecular weight is 286 g/mol. The third-order valence-corrected chi connectivity index (χ3v) is 2.90. The molecule has 0 spiro atoms. The van der Waals surface area contributed by atoms with E-state index in [0.717, 1.165) is 0 Å². The van der Waals surface area contributed by atoms with Gasteiger partial charge >= 0.3 is 0 Å². The van der Waals surface area contributed by atoms with Gasteiger partial charge in [0.25, 0.3) is 5.91 Å². The first-order valence-electron chi connectivity index (χ1n) is 6.31. The number of carbonyl (C=O) groups is 1. The van der Waals surface area contributed by atoms with Crippen LogP contribution in [0.2, 0.25) is 5.02 Å². The average Bonchev–Trinajstić information content (AvgIpc) is 2.34. The second kappa shape index (κ2) is 8.02. The van der Waals surface area contributed by atoms with Gasteiger partial charge in [0.15, 0.2) is 6.61 Å². The standard InChI is InChI=1S/C14H20ClNO3/c1-10(7-11(2)17)8-16-14(18)9-19-13-6-4-3-5-12(13)15/h3-6,10-11,17H,7-9H2,1-2H3,(H,16,18). The van der Waals surface area contributed by atoms with E-state index in [-0.39, 0.29) is 24.5 Å². The second-order valence-corrected chi connectivity index (χ2v) is 5.12. The van der Waals surface area contributed by atoms with Gasteiger partial charge in [0, 0.05) is 6.54 Å². The molecule has 5 heteroatoms. The molecule has 2 atom stereocenters. The summed E-state index contributed by atoms with van der Waals surface area (Å²) in [6, 6.07) is 7.02. The minimum absolute atomic E-state index is 0.0644. The smallest absolute Gasteiger partial charge is 0.257 e. The van der Waals surface area contributed by atoms with Crippen molar-refractivity contribution >= 4 is 17.5 Å². The lowest BCUT2D eigenvalue weighted by Gasteiger charge is -2.14. The van der Waals surface area contributed by atoms with Crippen molar-refractivity contribution in [1.82, 2.24) is 5.32 Å². The molecule has 0 fully saturated rings. The minimum atomic E-state index is -0.355. The van der Waals surface area contributed by atoms with Crippen LogP contribution < -0.4 is 10.1 Å². The Balaban J connectivity index is 2.27. The van der Waals surface area contributed by atoms with Gasteiger partial charge in [-0.3, -0.25) is 4.79 Å². The molecule has 19 heavy (non-hydrogen) atoms. The predicted molar refractivity (Wildman–Crippen MR) is 75.4 cm³/mol. The number of halogens is 1. The summed E-state index contributed by atoms with van der Waals surface area (Å²) in [5.74, 6) is 0.526. The van der Waals surface area contributed by atoms with Gasteiger partial charge in [-0.25, -0.2) is 0 Å². The highest BCUT2D eigenvalue weighted by molar-refractivity contribution is 6.32. The molecule has 1 rings (SSSR count). The molecule has 0 aliphatic rings. The van der Waals surface area contributed by atoms with E-state index in [1.807, 2.05) is 6.92 Å². The molecule has 1 aromatic carbocycles. The number of aliphatic hydroxyl groups is 1. The summed E-state index contributed by atoms with van der Waals surface area (Å²) >= 11 is 5.91. The Morgan fingerprint density at radius 3 is 2.74 bits per heavy atom. The number of aliphatic hydroxyl groups excluding tert-OH is 1. The highest BCUT2D eigenvalue weighted by Crippen LogP contribution is 2.22. The lowest BCUT2D eigenvalue weighted by atomic mass is 10.1. The van der Waals surface area contributed by atoms with E-state index >= 15 is 0 Å². The molecule has 0 heterocycles. The van der Waals surface area contributed by atoms with E-state index in [1.54, 1.807) is 31.2 Å². The summed E-state index contributed by atoms with van der Waals surface area (Å²) in [5.41, 5.74) is 0. The van der Waals surface area contributed by atoms with Crippen molar-refractivity contribution in [3.05, 3.63) is 29.3 Å². The molecule has 0 saturated carbocycles. The number of hydrogen-bond donors (Lipinski definition) is 2. The molecule has 2 unspecified atom stereocenters. The summed E-state index contributed by atoms with van der Waals surface area (Å²) in [6.07, 6.45) is 0.303. The van der Waals surface area contributed by atoms with Crippen LogP contribution in [0.3, 0.4) is 0 Å². The van der Waals surface area contributed by atoms with Gasteiger partial charge in [0.1, 0.15) is 5.75 Å². The van der Waals surface area contributed by atoms with Gasteiger partial charge in [-0.1, -0.05) is 30.7 Å². The number of nitrogens with one attached hydrogen (secondary N) is 1. The van der Waals surface area contributed by atoms with Gasteiger partial charge in [-0.2, -0.15) is 0 Å². The number of hydrogen-bond acceptors (Lipinski definition) is 3. The lowest BCUT2D eigenvalue weighted by Crippen LogP contribution is -2.33. The SMILES string of the molecule is CC(O)CC(C)CNC(=O)COc1ccccc1Cl. The molecule has 0 radical (unpaired) electrons. The van der Waals surface area contributed by atoms with E-state index in [4.69, 9.17) is 16.3 Å². The quantitative estimate of drug-likeness (QED) is 0.808. The number of benzene rings is 1. The van der Waals surface area contributed by atoms with Crippen LogP contribution in [0.25, 0.3) is 0 Å². The third-order valence-electron chi connectivity index (χ3n) is 2.59. The molecule has 0 bridgehead atoms. The van der Waals surface area contributed by atoms with Gasteiger partial charge in [-0.05, 0) is 31.4 Å². The Kier molecular flexibility index (Phi) is 6.67. The normalized spacial score (nSPS) is 13.7. The first kappa shape index (κ1) is 15.8. The lowest BCUT2D eigenvalue weighted by molar-refractivity contribution is -0.123. The molecule has 0 aliphatic carbocycles. The van der Waals surface area contributed by atoms with Crippen molar-refractivity contribution < 1.29 is 14.6 Å². The topological polar surface area (TPSA) is 58.6 Å². The molecule has 106 valence electrons. The summed E-state index contributed by atoms with van der Waals surface area (Å²) in [6.45, 7) is 4.17. The molecule has 1 amide bonds. The predicted octanol–water partition coefficient (Wildman–Crippen LogP) is 2.24. The fraction of sp³-hybridized carbons (Fsp3) is 0.500. The molecule has 0 saturated heterocycles. The Bertz CT molecular complexity index is 409. The Labute approximate surface area is 118 Å². The van der Waals surface area contributed by atoms with Gasteiger partial charge in [0.2, 0.25) is 0 Å². The van der Waals surface area contributed by atoms with Crippen molar-refractivity contribution in [3.63, 3.8) is 0 Å². The van der Waals surface area contributed by atoms with Crippen molar-refractivity contribution in [2.75, 3.05) is 13.2 Å². The monoisotopic (exact) mass is 285 g/mol. The maximum atomic E-state index is 11.6. The van der Waals surface area contributed by atoms with E-state index in [9.17, 15) is 9.90 Å². The number of carbonyl (C=O) groups excluding carboxylic acids is 1. The number of para-hydroxylation sites is 1. The van der Waals surface area contributed by atoms with Gasteiger partial charge in [0.05, 0.1) is 11.1 Å². The number of ether oxygens (including phenoxy) is 1. The largest absolute Gasteiger partial charge is 0.482 e. The summed E-state index contributed by atoms with van der Waals surface area (Å²) in [7, 11) is 0. The zero-order valence-electron chi connectivity index (χ0n) is 11.2. The Morgan fingerprint density at radius 2 is 2.11 bits per heavy atom. The van der Waals surface area contributed by atoms with Crippen LogP contribution in [-0.4, -0.2) is 30.3 Å². The maximum Gasteiger partial charge on any atom is 0.257 e. The highest BCUT2D eigenvalue weighted by Gasteiger charge is 2.09. The van der Waals surface area contributed by atoms with Crippen molar-refractivity contribution in [1.29, 1.82) is 0 Å². The zero-order valence-corrected chi connectivity index (χ0v) is 12.0. The van der Waals surface area contributed by atoms with Crippen LogP contribution >= 0.6 is 11.6 Å². The minimum Gasteiger partial charge on any atom is -0.482 e. The number of amides is 1. The Morgan fingerprint density at radius 1 is 1.42 bits per heavy atom. The van der Waals surface area contributed by atoms with Crippen molar-refractivity contribution in [2.24, 2.45) is 5.92 Å². The second-order valence-electron chi connectivity index (χ2n) is 4.71. The molecular weight excluding hydrogens is 266 g/mol. The molecule has 4 nitrogen and oxygen atoms in total. The fourth-order valence-electron chi connectivity index (χ4n) is 1.71. The summed E-state index contributed by atoms with van der Waals surface area (Å²) < 4.78 is 5.32. The van der Waals surface area contributed by atoms with Crippen molar-refractivity contribution in [2.45, 2.75) is 26.4 Å². The van der Waals surface area contributed by atoms with Gasteiger partial charge in [-0.15, -0.1) is 0 Å². The summed E-state index contributed by atoms with van der Waals surface area (Å²) in [5, 5.41) is 12.5. The van der Waals surface area contributed by atoms with Crippen LogP contribution in [0, 0.1) is 5.92 Å². The summed E-state index contributed by atoms with van der Waals surface area (Å²) in [4.78, 5) is 11.6. The highest BCUT2D eigenvalue weighted by atomic mass is 35.5. The first-order chi connectivity index (χ1) is 8.99. The van der Waals surface area contributed by atoms with E-state index < -0.39 is 0 Å². The van der Waals surface area contributed by atoms with Crippen LogP contribution in [0.5, 0.6) is 5.75 Å². The molecule has 1 aromatic rings. The molecule has 0 aromatic heterocycles. The van der Waals surface area contributed by atoms with E-state index in [1.165, 1.54) is 0 Å². The molecule has 2 N–H and O–H groups in total. The number of rotatable bonds is 7. The maximum absolute atomic E-state index is 11.6. The third kappa shape index (κ3) is 6.45. The van der Waals surface area contributed by atoms with Crippen LogP contribution in [0.1, 0.15) is 20.3 Å². The Hall–Kier alpha value is -1.26. The van der Waals surface area contributed by atoms with Crippen LogP contribution in [0.15, 0.2) is 24.3 Å². The molecular formula is C14H20ClNO3. The van der Waals surface area contributed by atoms with E-state index in [2.05, 4.69) is 5.32 Å². The first-order valence-corrected chi connectivity index (χ1v) is 6.69.